The van der Waals surface area contributed by atoms with Crippen molar-refractivity contribution < 1.29 is 35.9 Å². The van der Waals surface area contributed by atoms with Crippen LogP contribution >= 0.6 is 0 Å². The Labute approximate surface area is 147 Å². The van der Waals surface area contributed by atoms with E-state index in [2.05, 4.69) is 9.46 Å². The van der Waals surface area contributed by atoms with Crippen molar-refractivity contribution in [2.75, 3.05) is 18.4 Å². The van der Waals surface area contributed by atoms with Crippen molar-refractivity contribution >= 4 is 21.7 Å². The zero-order valence-electron chi connectivity index (χ0n) is 13.4. The Morgan fingerprint density at radius 2 is 1.62 bits per heavy atom. The number of carbonyl (C=O) groups is 1. The molecule has 0 spiro atoms. The number of esters is 1. The Balaban J connectivity index is 2.08. The van der Waals surface area contributed by atoms with Crippen molar-refractivity contribution in [3.63, 3.8) is 0 Å². The number of anilines is 1. The van der Waals surface area contributed by atoms with Crippen molar-refractivity contribution in [1.82, 2.24) is 0 Å². The molecule has 6 nitrogen and oxygen atoms in total. The minimum atomic E-state index is -4.50. The van der Waals surface area contributed by atoms with Gasteiger partial charge in [0.2, 0.25) is 0 Å². The van der Waals surface area contributed by atoms with Crippen molar-refractivity contribution in [1.29, 1.82) is 0 Å². The first-order chi connectivity index (χ1) is 12.1. The highest BCUT2D eigenvalue weighted by Gasteiger charge is 2.30. The third-order valence-electron chi connectivity index (χ3n) is 3.18. The Bertz CT molecular complexity index is 862. The lowest BCUT2D eigenvalue weighted by molar-refractivity contribution is -0.143. The molecule has 1 N–H and O–H groups in total. The zero-order chi connectivity index (χ0) is 19.4. The third kappa shape index (κ3) is 5.12. The molecule has 0 fully saturated rings. The van der Waals surface area contributed by atoms with Gasteiger partial charge in [-0.25, -0.2) is 13.2 Å². The van der Waals surface area contributed by atoms with Gasteiger partial charge >= 0.3 is 12.1 Å². The number of hydrogen-bond acceptors (Lipinski definition) is 5. The van der Waals surface area contributed by atoms with Gasteiger partial charge in [0.05, 0.1) is 17.6 Å². The Morgan fingerprint density at radius 3 is 2.12 bits per heavy atom. The summed E-state index contributed by atoms with van der Waals surface area (Å²) in [5, 5.41) is 0. The van der Waals surface area contributed by atoms with Crippen molar-refractivity contribution in [3.8, 4) is 5.75 Å². The van der Waals surface area contributed by atoms with Gasteiger partial charge in [-0.1, -0.05) is 0 Å². The first-order valence-electron chi connectivity index (χ1n) is 7.11. The minimum Gasteiger partial charge on any atom is -0.482 e. The highest BCUT2D eigenvalue weighted by Crippen LogP contribution is 2.30. The van der Waals surface area contributed by atoms with Crippen molar-refractivity contribution in [3.05, 3.63) is 54.1 Å². The van der Waals surface area contributed by atoms with Gasteiger partial charge in [0.1, 0.15) is 5.75 Å². The quantitative estimate of drug-likeness (QED) is 0.768. The van der Waals surface area contributed by atoms with Crippen molar-refractivity contribution in [2.45, 2.75) is 11.1 Å². The summed E-state index contributed by atoms with van der Waals surface area (Å²) in [6.45, 7) is -0.327. The van der Waals surface area contributed by atoms with Gasteiger partial charge in [-0.15, -0.1) is 0 Å². The summed E-state index contributed by atoms with van der Waals surface area (Å²) in [4.78, 5) is 10.9. The maximum absolute atomic E-state index is 12.5. The average molecular weight is 389 g/mol. The second kappa shape index (κ2) is 7.65. The van der Waals surface area contributed by atoms with Gasteiger partial charge in [-0.05, 0) is 48.5 Å². The smallest absolute Gasteiger partial charge is 0.416 e. The van der Waals surface area contributed by atoms with Crippen LogP contribution in [0.1, 0.15) is 5.56 Å². The van der Waals surface area contributed by atoms with Gasteiger partial charge in [0, 0.05) is 5.69 Å². The number of halogens is 3. The van der Waals surface area contributed by atoms with Crippen LogP contribution in [-0.2, 0) is 25.7 Å². The Morgan fingerprint density at radius 1 is 1.04 bits per heavy atom. The molecule has 0 amide bonds. The van der Waals surface area contributed by atoms with E-state index >= 15 is 0 Å². The fraction of sp³-hybridized carbons (Fsp3) is 0.188. The number of alkyl halides is 3. The number of hydrogen-bond donors (Lipinski definition) is 1. The highest BCUT2D eigenvalue weighted by molar-refractivity contribution is 7.92. The molecule has 0 bridgehead atoms. The van der Waals surface area contributed by atoms with Crippen molar-refractivity contribution in [2.24, 2.45) is 0 Å². The van der Waals surface area contributed by atoms with E-state index in [0.29, 0.717) is 0 Å². The summed E-state index contributed by atoms with van der Waals surface area (Å²) in [5.74, 6) is -0.338. The van der Waals surface area contributed by atoms with Gasteiger partial charge in [-0.3, -0.25) is 4.72 Å². The fourth-order valence-corrected chi connectivity index (χ4v) is 2.92. The molecule has 10 heteroatoms. The molecule has 0 atom stereocenters. The normalized spacial score (nSPS) is 11.7. The number of benzene rings is 2. The third-order valence-corrected chi connectivity index (χ3v) is 4.58. The van der Waals surface area contributed by atoms with E-state index in [1.54, 1.807) is 0 Å². The number of carbonyl (C=O) groups excluding carboxylic acids is 1. The predicted molar refractivity (Wildman–Crippen MR) is 86.2 cm³/mol. The second-order valence-electron chi connectivity index (χ2n) is 5.02. The van der Waals surface area contributed by atoms with E-state index in [0.717, 1.165) is 24.3 Å². The number of sulfonamides is 1. The topological polar surface area (TPSA) is 81.7 Å². The molecule has 0 saturated carbocycles. The molecule has 0 aliphatic carbocycles. The molecular weight excluding hydrogens is 375 g/mol. The molecule has 0 unspecified atom stereocenters. The summed E-state index contributed by atoms with van der Waals surface area (Å²) >= 11 is 0. The van der Waals surface area contributed by atoms with Crippen LogP contribution in [-0.4, -0.2) is 28.1 Å². The van der Waals surface area contributed by atoms with Crippen LogP contribution in [0.4, 0.5) is 18.9 Å². The fourth-order valence-electron chi connectivity index (χ4n) is 1.86. The molecular formula is C16H14F3NO5S. The van der Waals surface area contributed by atoms with Crippen LogP contribution < -0.4 is 9.46 Å². The van der Waals surface area contributed by atoms with E-state index in [4.69, 9.17) is 4.74 Å². The molecule has 26 heavy (non-hydrogen) atoms. The van der Waals surface area contributed by atoms with E-state index in [9.17, 15) is 26.4 Å². The largest absolute Gasteiger partial charge is 0.482 e. The van der Waals surface area contributed by atoms with E-state index in [1.165, 1.54) is 31.4 Å². The van der Waals surface area contributed by atoms with Crippen LogP contribution in [0, 0.1) is 0 Å². The molecule has 140 valence electrons. The van der Waals surface area contributed by atoms with Crippen LogP contribution in [0.15, 0.2) is 53.4 Å². The molecule has 0 saturated heterocycles. The summed E-state index contributed by atoms with van der Waals surface area (Å²) in [6, 6.07) is 8.75. The highest BCUT2D eigenvalue weighted by atomic mass is 32.2. The number of rotatable bonds is 6. The Hall–Kier alpha value is -2.75. The summed E-state index contributed by atoms with van der Waals surface area (Å²) in [6.07, 6.45) is -4.50. The van der Waals surface area contributed by atoms with Gasteiger partial charge < -0.3 is 9.47 Å². The van der Waals surface area contributed by atoms with E-state index in [-0.39, 0.29) is 22.9 Å². The molecule has 0 heterocycles. The van der Waals surface area contributed by atoms with Crippen LogP contribution in [0.3, 0.4) is 0 Å². The molecule has 2 rings (SSSR count). The molecule has 0 aliphatic rings. The molecule has 2 aromatic carbocycles. The summed E-state index contributed by atoms with van der Waals surface area (Å²) < 4.78 is 73.7. The summed E-state index contributed by atoms with van der Waals surface area (Å²) in [7, 11) is -2.79. The molecule has 2 aromatic rings. The predicted octanol–water partition coefficient (Wildman–Crippen LogP) is 3.06. The summed E-state index contributed by atoms with van der Waals surface area (Å²) in [5.41, 5.74) is -0.892. The standard InChI is InChI=1S/C16H14F3NO5S/c1-24-15(21)10-25-13-6-8-14(9-7-13)26(22,23)20-12-4-2-11(3-5-12)16(17,18)19/h2-9,20H,10H2,1H3. The zero-order valence-corrected chi connectivity index (χ0v) is 14.2. The van der Waals surface area contributed by atoms with Gasteiger partial charge in [0.25, 0.3) is 10.0 Å². The number of ether oxygens (including phenoxy) is 2. The van der Waals surface area contributed by atoms with Crippen LogP contribution in [0.2, 0.25) is 0 Å². The first kappa shape index (κ1) is 19.6. The van der Waals surface area contributed by atoms with Crippen LogP contribution in [0.5, 0.6) is 5.75 Å². The average Bonchev–Trinajstić information content (AvgIpc) is 2.59. The number of nitrogens with one attached hydrogen (secondary N) is 1. The lowest BCUT2D eigenvalue weighted by atomic mass is 10.2. The SMILES string of the molecule is COC(=O)COc1ccc(S(=O)(=O)Nc2ccc(C(F)(F)F)cc2)cc1. The first-order valence-corrected chi connectivity index (χ1v) is 8.60. The number of methoxy groups -OCH3 is 1. The minimum absolute atomic E-state index is 0.0102. The van der Waals surface area contributed by atoms with Crippen LogP contribution in [0.25, 0.3) is 0 Å². The molecule has 0 aliphatic heterocycles. The maximum atomic E-state index is 12.5. The lowest BCUT2D eigenvalue weighted by Crippen LogP contribution is -2.14. The van der Waals surface area contributed by atoms with Gasteiger partial charge in [-0.2, -0.15) is 13.2 Å². The van der Waals surface area contributed by atoms with Gasteiger partial charge in [0.15, 0.2) is 6.61 Å². The molecule has 0 aromatic heterocycles. The second-order valence-corrected chi connectivity index (χ2v) is 6.70. The Kier molecular flexibility index (Phi) is 5.76. The van der Waals surface area contributed by atoms with E-state index < -0.39 is 27.7 Å². The van der Waals surface area contributed by atoms with E-state index in [1.807, 2.05) is 0 Å². The maximum Gasteiger partial charge on any atom is 0.416 e. The lowest BCUT2D eigenvalue weighted by Gasteiger charge is -2.11. The monoisotopic (exact) mass is 389 g/mol. The molecule has 0 radical (unpaired) electrons.